The second-order valence-corrected chi connectivity index (χ2v) is 7.42. The fraction of sp³-hybridized carbons (Fsp3) is 0.684. The molecule has 0 N–H and O–H groups in total. The number of amides is 1. The average molecular weight is 332 g/mol. The quantitative estimate of drug-likeness (QED) is 0.770. The molecule has 0 radical (unpaired) electrons. The molecular weight excluding hydrogens is 304 g/mol. The van der Waals surface area contributed by atoms with Crippen LogP contribution in [0.5, 0.6) is 0 Å². The molecule has 2 aliphatic heterocycles. The maximum atomic E-state index is 12.2. The second kappa shape index (κ2) is 7.62. The lowest BCUT2D eigenvalue weighted by Crippen LogP contribution is -2.66. The maximum Gasteiger partial charge on any atom is 0.222 e. The van der Waals surface area contributed by atoms with Crippen molar-refractivity contribution in [2.24, 2.45) is 11.8 Å². The maximum absolute atomic E-state index is 12.2. The Balaban J connectivity index is 1.44. The van der Waals surface area contributed by atoms with Crippen molar-refractivity contribution in [3.05, 3.63) is 30.1 Å². The molecule has 132 valence electrons. The van der Waals surface area contributed by atoms with E-state index in [-0.39, 0.29) is 11.5 Å². The number of carbonyl (C=O) groups excluding carboxylic acids is 1. The molecule has 1 atom stereocenters. The Kier molecular flexibility index (Phi) is 5.51. The van der Waals surface area contributed by atoms with E-state index in [1.165, 1.54) is 0 Å². The zero-order chi connectivity index (χ0) is 17.0. The molecule has 24 heavy (non-hydrogen) atoms. The lowest BCUT2D eigenvalue weighted by atomic mass is 9.81. The Labute approximate surface area is 144 Å². The predicted octanol–water partition coefficient (Wildman–Crippen LogP) is 2.65. The zero-order valence-corrected chi connectivity index (χ0v) is 14.7. The van der Waals surface area contributed by atoms with Gasteiger partial charge in [-0.05, 0) is 30.9 Å². The van der Waals surface area contributed by atoms with Crippen molar-refractivity contribution < 1.29 is 14.3 Å². The molecule has 3 rings (SSSR count). The van der Waals surface area contributed by atoms with Crippen molar-refractivity contribution in [1.82, 2.24) is 9.88 Å². The average Bonchev–Trinajstić information content (AvgIpc) is 2.96. The van der Waals surface area contributed by atoms with Gasteiger partial charge in [0.25, 0.3) is 0 Å². The van der Waals surface area contributed by atoms with E-state index in [2.05, 4.69) is 18.8 Å². The Morgan fingerprint density at radius 2 is 2.29 bits per heavy atom. The van der Waals surface area contributed by atoms with Crippen molar-refractivity contribution in [1.29, 1.82) is 0 Å². The van der Waals surface area contributed by atoms with Crippen LogP contribution in [0, 0.1) is 11.8 Å². The number of rotatable bonds is 7. The Morgan fingerprint density at radius 1 is 1.46 bits per heavy atom. The fourth-order valence-electron chi connectivity index (χ4n) is 3.51. The SMILES string of the molecule is CC(C)CCC(=O)N1CC2(C1)OCC[C@H]2COCc1ccccn1. The van der Waals surface area contributed by atoms with Crippen LogP contribution >= 0.6 is 0 Å². The van der Waals surface area contributed by atoms with E-state index in [4.69, 9.17) is 9.47 Å². The molecule has 1 aromatic heterocycles. The normalized spacial score (nSPS) is 22.1. The van der Waals surface area contributed by atoms with E-state index in [0.717, 1.165) is 38.2 Å². The van der Waals surface area contributed by atoms with E-state index in [9.17, 15) is 4.79 Å². The number of ether oxygens (including phenoxy) is 2. The monoisotopic (exact) mass is 332 g/mol. The first-order valence-electron chi connectivity index (χ1n) is 8.98. The summed E-state index contributed by atoms with van der Waals surface area (Å²) >= 11 is 0. The number of pyridine rings is 1. The van der Waals surface area contributed by atoms with E-state index in [1.807, 2.05) is 23.1 Å². The minimum Gasteiger partial charge on any atom is -0.375 e. The summed E-state index contributed by atoms with van der Waals surface area (Å²) in [6.07, 6.45) is 4.40. The summed E-state index contributed by atoms with van der Waals surface area (Å²) in [4.78, 5) is 18.4. The second-order valence-electron chi connectivity index (χ2n) is 7.42. The van der Waals surface area contributed by atoms with Gasteiger partial charge in [0, 0.05) is 25.1 Å². The first-order valence-corrected chi connectivity index (χ1v) is 8.98. The van der Waals surface area contributed by atoms with Gasteiger partial charge in [0.15, 0.2) is 0 Å². The summed E-state index contributed by atoms with van der Waals surface area (Å²) in [5, 5.41) is 0. The summed E-state index contributed by atoms with van der Waals surface area (Å²) in [5.74, 6) is 1.20. The first-order chi connectivity index (χ1) is 11.6. The van der Waals surface area contributed by atoms with E-state index in [0.29, 0.717) is 31.5 Å². The highest BCUT2D eigenvalue weighted by molar-refractivity contribution is 5.77. The Morgan fingerprint density at radius 3 is 3.00 bits per heavy atom. The van der Waals surface area contributed by atoms with Gasteiger partial charge in [-0.25, -0.2) is 0 Å². The van der Waals surface area contributed by atoms with Crippen LogP contribution in [0.15, 0.2) is 24.4 Å². The molecule has 1 amide bonds. The van der Waals surface area contributed by atoms with Crippen molar-refractivity contribution in [2.75, 3.05) is 26.3 Å². The third-order valence-corrected chi connectivity index (χ3v) is 5.10. The van der Waals surface area contributed by atoms with Crippen molar-refractivity contribution in [2.45, 2.75) is 45.3 Å². The molecule has 0 bridgehead atoms. The number of carbonyl (C=O) groups is 1. The van der Waals surface area contributed by atoms with Gasteiger partial charge in [-0.2, -0.15) is 0 Å². The molecular formula is C19H28N2O3. The van der Waals surface area contributed by atoms with Crippen LogP contribution in [0.4, 0.5) is 0 Å². The molecule has 0 unspecified atom stereocenters. The Hall–Kier alpha value is -1.46. The van der Waals surface area contributed by atoms with Crippen LogP contribution in [-0.2, 0) is 20.9 Å². The number of aromatic nitrogens is 1. The number of hydrogen-bond donors (Lipinski definition) is 0. The van der Waals surface area contributed by atoms with Gasteiger partial charge in [-0.1, -0.05) is 19.9 Å². The highest BCUT2D eigenvalue weighted by Gasteiger charge is 2.54. The summed E-state index contributed by atoms with van der Waals surface area (Å²) in [6.45, 7) is 7.73. The minimum atomic E-state index is -0.169. The lowest BCUT2D eigenvalue weighted by molar-refractivity contribution is -0.169. The van der Waals surface area contributed by atoms with E-state index in [1.54, 1.807) is 6.20 Å². The van der Waals surface area contributed by atoms with Gasteiger partial charge in [0.1, 0.15) is 5.60 Å². The van der Waals surface area contributed by atoms with Gasteiger partial charge in [0.05, 0.1) is 32.0 Å². The molecule has 0 aromatic carbocycles. The van der Waals surface area contributed by atoms with Crippen molar-refractivity contribution in [3.63, 3.8) is 0 Å². The van der Waals surface area contributed by atoms with Crippen LogP contribution in [0.2, 0.25) is 0 Å². The van der Waals surface area contributed by atoms with Crippen LogP contribution in [0.1, 0.15) is 38.8 Å². The highest BCUT2D eigenvalue weighted by Crippen LogP contribution is 2.40. The number of hydrogen-bond acceptors (Lipinski definition) is 4. The summed E-state index contributed by atoms with van der Waals surface area (Å²) in [5.41, 5.74) is 0.780. The van der Waals surface area contributed by atoms with Gasteiger partial charge in [0.2, 0.25) is 5.91 Å². The summed E-state index contributed by atoms with van der Waals surface area (Å²) in [7, 11) is 0. The molecule has 2 saturated heterocycles. The highest BCUT2D eigenvalue weighted by atomic mass is 16.5. The first kappa shape index (κ1) is 17.4. The molecule has 5 nitrogen and oxygen atoms in total. The standard InChI is InChI=1S/C19H28N2O3/c1-15(2)6-7-18(22)21-13-19(14-21)16(8-10-24-19)11-23-12-17-5-3-4-9-20-17/h3-5,9,15-16H,6-8,10-14H2,1-2H3/t16-/m0/s1. The lowest BCUT2D eigenvalue weighted by Gasteiger charge is -2.50. The van der Waals surface area contributed by atoms with Crippen molar-refractivity contribution in [3.8, 4) is 0 Å². The van der Waals surface area contributed by atoms with Crippen LogP contribution in [0.25, 0.3) is 0 Å². The molecule has 0 saturated carbocycles. The smallest absolute Gasteiger partial charge is 0.222 e. The molecule has 1 aromatic rings. The van der Waals surface area contributed by atoms with Crippen LogP contribution < -0.4 is 0 Å². The van der Waals surface area contributed by atoms with E-state index < -0.39 is 0 Å². The molecule has 3 heterocycles. The fourth-order valence-corrected chi connectivity index (χ4v) is 3.51. The molecule has 1 spiro atoms. The van der Waals surface area contributed by atoms with Crippen LogP contribution in [0.3, 0.4) is 0 Å². The number of likely N-dealkylation sites (tertiary alicyclic amines) is 1. The number of nitrogens with zero attached hydrogens (tertiary/aromatic N) is 2. The largest absolute Gasteiger partial charge is 0.375 e. The predicted molar refractivity (Wildman–Crippen MR) is 91.3 cm³/mol. The molecule has 2 fully saturated rings. The van der Waals surface area contributed by atoms with Gasteiger partial charge < -0.3 is 14.4 Å². The zero-order valence-electron chi connectivity index (χ0n) is 14.7. The Bertz CT molecular complexity index is 541. The molecule has 0 aliphatic carbocycles. The van der Waals surface area contributed by atoms with Crippen molar-refractivity contribution >= 4 is 5.91 Å². The van der Waals surface area contributed by atoms with Gasteiger partial charge in [-0.15, -0.1) is 0 Å². The third-order valence-electron chi connectivity index (χ3n) is 5.10. The third kappa shape index (κ3) is 3.95. The molecule has 2 aliphatic rings. The molecule has 5 heteroatoms. The van der Waals surface area contributed by atoms with Gasteiger partial charge >= 0.3 is 0 Å². The van der Waals surface area contributed by atoms with Gasteiger partial charge in [-0.3, -0.25) is 9.78 Å². The topological polar surface area (TPSA) is 51.7 Å². The summed E-state index contributed by atoms with van der Waals surface area (Å²) < 4.78 is 11.9. The summed E-state index contributed by atoms with van der Waals surface area (Å²) in [6, 6.07) is 5.85. The minimum absolute atomic E-state index is 0.169. The van der Waals surface area contributed by atoms with Crippen LogP contribution in [-0.4, -0.2) is 47.7 Å². The van der Waals surface area contributed by atoms with E-state index >= 15 is 0 Å².